The summed E-state index contributed by atoms with van der Waals surface area (Å²) in [6.45, 7) is 4.76. The fourth-order valence-electron chi connectivity index (χ4n) is 11.8. The number of carbonyl (C=O) groups is 3. The largest absolute Gasteiger partial charge is 0.289 e. The molecule has 0 fully saturated rings. The first-order chi connectivity index (χ1) is 39.8. The van der Waals surface area contributed by atoms with E-state index in [0.29, 0.717) is 38.9 Å². The number of benzene rings is 12. The maximum absolute atomic E-state index is 15.4. The van der Waals surface area contributed by atoms with Crippen LogP contribution in [0.3, 0.4) is 0 Å². The molecule has 12 aromatic carbocycles. The zero-order valence-corrected chi connectivity index (χ0v) is 44.3. The Bertz CT molecular complexity index is 3820. The molecule has 0 saturated heterocycles. The van der Waals surface area contributed by atoms with Crippen molar-refractivity contribution in [2.45, 2.75) is 5.41 Å². The Hall–Kier alpha value is -10.6. The van der Waals surface area contributed by atoms with Crippen LogP contribution in [0.4, 0.5) is 0 Å². The minimum Gasteiger partial charge on any atom is -0.289 e. The number of rotatable bonds is 14. The van der Waals surface area contributed by atoms with Gasteiger partial charge in [-0.2, -0.15) is 0 Å². The van der Waals surface area contributed by atoms with Crippen molar-refractivity contribution in [3.63, 3.8) is 0 Å². The predicted octanol–water partition coefficient (Wildman–Crippen LogP) is 18.5. The molecule has 3 heteroatoms. The van der Waals surface area contributed by atoms with Crippen molar-refractivity contribution in [2.75, 3.05) is 0 Å². The van der Waals surface area contributed by atoms with Gasteiger partial charge < -0.3 is 0 Å². The Kier molecular flexibility index (Phi) is 13.1. The highest BCUT2D eigenvalue weighted by Crippen LogP contribution is 2.57. The van der Waals surface area contributed by atoms with Gasteiger partial charge in [0.05, 0.1) is 5.41 Å². The van der Waals surface area contributed by atoms with Crippen molar-refractivity contribution in [3.05, 3.63) is 377 Å². The van der Waals surface area contributed by atoms with Gasteiger partial charge in [0.15, 0.2) is 17.3 Å². The molecule has 12 aromatic rings. The number of hydrogen-bond acceptors (Lipinski definition) is 3. The first-order valence-corrected chi connectivity index (χ1v) is 27.3. The molecule has 1 aliphatic rings. The van der Waals surface area contributed by atoms with Crippen LogP contribution in [0, 0.1) is 0 Å². The maximum Gasteiger partial charge on any atom is 0.193 e. The van der Waals surface area contributed by atoms with E-state index in [4.69, 9.17) is 6.58 Å². The number of hydrogen-bond donors (Lipinski definition) is 0. The van der Waals surface area contributed by atoms with E-state index in [0.717, 1.165) is 89.0 Å². The van der Waals surface area contributed by atoms with E-state index >= 15 is 14.4 Å². The van der Waals surface area contributed by atoms with Crippen LogP contribution in [-0.4, -0.2) is 17.3 Å². The molecule has 81 heavy (non-hydrogen) atoms. The van der Waals surface area contributed by atoms with Crippen molar-refractivity contribution in [2.24, 2.45) is 0 Å². The third kappa shape index (κ3) is 9.37. The van der Waals surface area contributed by atoms with Crippen LogP contribution in [-0.2, 0) is 5.41 Å². The molecule has 0 radical (unpaired) electrons. The summed E-state index contributed by atoms with van der Waals surface area (Å²) < 4.78 is 0. The van der Waals surface area contributed by atoms with Crippen LogP contribution in [0.5, 0.6) is 0 Å². The third-order valence-electron chi connectivity index (χ3n) is 15.9. The molecule has 0 bridgehead atoms. The molecular weight excluding hydrogens is 985 g/mol. The van der Waals surface area contributed by atoms with Gasteiger partial charge in [0.2, 0.25) is 0 Å². The fourth-order valence-corrected chi connectivity index (χ4v) is 11.8. The summed E-state index contributed by atoms with van der Waals surface area (Å²) in [5.41, 5.74) is 17.6. The molecule has 0 spiro atoms. The second-order valence-electron chi connectivity index (χ2n) is 20.7. The molecule has 0 heterocycles. The lowest BCUT2D eigenvalue weighted by Gasteiger charge is -2.35. The summed E-state index contributed by atoms with van der Waals surface area (Å²) >= 11 is 0. The molecule has 13 rings (SSSR count). The van der Waals surface area contributed by atoms with E-state index in [-0.39, 0.29) is 17.3 Å². The second kappa shape index (κ2) is 21.3. The number of fused-ring (bicyclic) bond motifs is 3. The molecule has 0 saturated carbocycles. The highest BCUT2D eigenvalue weighted by Gasteiger charge is 2.47. The Morgan fingerprint density at radius 1 is 0.235 bits per heavy atom. The Balaban J connectivity index is 1.03. The summed E-state index contributed by atoms with van der Waals surface area (Å²) in [6.07, 6.45) is 0. The van der Waals surface area contributed by atoms with Crippen LogP contribution in [0.15, 0.2) is 310 Å². The molecule has 0 atom stereocenters. The summed E-state index contributed by atoms with van der Waals surface area (Å²) in [5.74, 6) is -0.608. The summed E-state index contributed by atoms with van der Waals surface area (Å²) in [5, 5.41) is 0. The fraction of sp³-hybridized carbons (Fsp3) is 0.0128. The van der Waals surface area contributed by atoms with E-state index in [2.05, 4.69) is 78.9 Å². The van der Waals surface area contributed by atoms with Crippen molar-refractivity contribution in [3.8, 4) is 55.6 Å². The minimum absolute atomic E-state index is 0.155. The smallest absolute Gasteiger partial charge is 0.193 e. The lowest BCUT2D eigenvalue weighted by atomic mass is 9.66. The van der Waals surface area contributed by atoms with Crippen molar-refractivity contribution < 1.29 is 14.4 Å². The van der Waals surface area contributed by atoms with Crippen LogP contribution in [0.1, 0.15) is 81.1 Å². The molecule has 0 aromatic heterocycles. The quantitative estimate of drug-likeness (QED) is 0.102. The third-order valence-corrected chi connectivity index (χ3v) is 15.9. The highest BCUT2D eigenvalue weighted by atomic mass is 16.1. The molecule has 3 nitrogen and oxygen atoms in total. The van der Waals surface area contributed by atoms with Gasteiger partial charge in [0, 0.05) is 33.4 Å². The summed E-state index contributed by atoms with van der Waals surface area (Å²) in [6, 6.07) is 101. The van der Waals surface area contributed by atoms with Crippen molar-refractivity contribution in [1.82, 2.24) is 0 Å². The molecular formula is C78H52O3. The topological polar surface area (TPSA) is 51.2 Å². The lowest BCUT2D eigenvalue weighted by molar-refractivity contribution is 0.102. The normalized spacial score (nSPS) is 12.0. The van der Waals surface area contributed by atoms with E-state index in [1.165, 1.54) is 0 Å². The van der Waals surface area contributed by atoms with Crippen LogP contribution in [0.2, 0.25) is 0 Å². The standard InChI is InChI=1S/C78H52O3/c1-52(53-30-32-58(33-31-53)54-18-6-2-7-19-54)65-46-66(75(79)62-40-34-59(35-41-62)55-20-8-3-9-21-55)49-69(48-65)78(73-28-16-14-26-71(73)72-27-15-17-29-74(72)78)70-50-67(76(80)63-42-36-60(37-43-63)56-22-10-4-11-23-56)47-68(51-70)77(81)64-44-38-61(39-45-64)57-24-12-5-13-25-57/h2-51H,1H2. The highest BCUT2D eigenvalue weighted by molar-refractivity contribution is 6.14. The average molecular weight is 1040 g/mol. The van der Waals surface area contributed by atoms with Gasteiger partial charge in [-0.3, -0.25) is 14.4 Å². The van der Waals surface area contributed by atoms with E-state index in [9.17, 15) is 0 Å². The summed E-state index contributed by atoms with van der Waals surface area (Å²) in [4.78, 5) is 46.2. The van der Waals surface area contributed by atoms with Gasteiger partial charge in [-0.05, 0) is 131 Å². The van der Waals surface area contributed by atoms with Gasteiger partial charge in [0.25, 0.3) is 0 Å². The molecule has 0 aliphatic heterocycles. The maximum atomic E-state index is 15.4. The molecule has 0 unspecified atom stereocenters. The lowest BCUT2D eigenvalue weighted by Crippen LogP contribution is -2.30. The Morgan fingerprint density at radius 3 is 0.802 bits per heavy atom. The first kappa shape index (κ1) is 49.9. The first-order valence-electron chi connectivity index (χ1n) is 27.3. The van der Waals surface area contributed by atoms with Gasteiger partial charge >= 0.3 is 0 Å². The van der Waals surface area contributed by atoms with Gasteiger partial charge in [-0.1, -0.05) is 273 Å². The SMILES string of the molecule is C=C(c1ccc(-c2ccccc2)cc1)c1cc(C(=O)c2ccc(-c3ccccc3)cc2)cc(C2(c3cc(C(=O)c4ccc(-c5ccccc5)cc4)cc(C(=O)c4ccc(-c5ccccc5)cc4)c3)c3ccccc3-c3ccccc32)c1. The Morgan fingerprint density at radius 2 is 0.481 bits per heavy atom. The van der Waals surface area contributed by atoms with Crippen LogP contribution in [0.25, 0.3) is 61.2 Å². The minimum atomic E-state index is -1.17. The van der Waals surface area contributed by atoms with E-state index < -0.39 is 5.41 Å². The zero-order valence-electron chi connectivity index (χ0n) is 44.3. The van der Waals surface area contributed by atoms with Crippen LogP contribution >= 0.6 is 0 Å². The van der Waals surface area contributed by atoms with Gasteiger partial charge in [-0.15, -0.1) is 0 Å². The zero-order chi connectivity index (χ0) is 54.9. The average Bonchev–Trinajstić information content (AvgIpc) is 2.87. The second-order valence-corrected chi connectivity index (χ2v) is 20.7. The van der Waals surface area contributed by atoms with E-state index in [1.807, 2.05) is 218 Å². The number of ketones is 3. The Labute approximate surface area is 472 Å². The van der Waals surface area contributed by atoms with Crippen molar-refractivity contribution in [1.29, 1.82) is 0 Å². The number of carbonyl (C=O) groups excluding carboxylic acids is 3. The molecule has 382 valence electrons. The molecule has 1 aliphatic carbocycles. The molecule has 0 amide bonds. The monoisotopic (exact) mass is 1040 g/mol. The van der Waals surface area contributed by atoms with Gasteiger partial charge in [0.1, 0.15) is 0 Å². The molecule has 0 N–H and O–H groups in total. The predicted molar refractivity (Wildman–Crippen MR) is 330 cm³/mol. The van der Waals surface area contributed by atoms with E-state index in [1.54, 1.807) is 6.07 Å². The van der Waals surface area contributed by atoms with Crippen LogP contribution < -0.4 is 0 Å². The van der Waals surface area contributed by atoms with Gasteiger partial charge in [-0.25, -0.2) is 0 Å². The van der Waals surface area contributed by atoms with Crippen molar-refractivity contribution >= 4 is 22.9 Å². The summed E-state index contributed by atoms with van der Waals surface area (Å²) in [7, 11) is 0.